The summed E-state index contributed by atoms with van der Waals surface area (Å²) in [6.07, 6.45) is 0. The highest BCUT2D eigenvalue weighted by atomic mass is 32.2. The summed E-state index contributed by atoms with van der Waals surface area (Å²) in [5.41, 5.74) is 8.33. The number of hydrogen-bond donors (Lipinski definition) is 1. The fraction of sp³-hybridized carbons (Fsp3) is 0. The predicted molar refractivity (Wildman–Crippen MR) is 45.1 cm³/mol. The van der Waals surface area contributed by atoms with E-state index in [2.05, 4.69) is 10.0 Å². The molecule has 0 spiro atoms. The standard InChI is InChI=1S/C6H5N3O3S/c7-9-8-5-1-3-6(4-2-5)13(10,11)12/h1-4H,(H,10,11,12). The zero-order valence-electron chi connectivity index (χ0n) is 6.32. The highest BCUT2D eigenvalue weighted by molar-refractivity contribution is 7.85. The first-order chi connectivity index (χ1) is 6.04. The number of benzene rings is 1. The normalized spacial score (nSPS) is 10.5. The van der Waals surface area contributed by atoms with Crippen molar-refractivity contribution < 1.29 is 13.0 Å². The van der Waals surface area contributed by atoms with Gasteiger partial charge in [-0.05, 0) is 17.7 Å². The van der Waals surface area contributed by atoms with E-state index < -0.39 is 10.1 Å². The van der Waals surface area contributed by atoms with Crippen LogP contribution in [-0.4, -0.2) is 13.0 Å². The van der Waals surface area contributed by atoms with Gasteiger partial charge in [0, 0.05) is 10.6 Å². The quantitative estimate of drug-likeness (QED) is 0.340. The maximum absolute atomic E-state index is 10.6. The number of hydrogen-bond acceptors (Lipinski definition) is 3. The number of azide groups is 1. The monoisotopic (exact) mass is 199 g/mol. The fourth-order valence-electron chi connectivity index (χ4n) is 0.736. The summed E-state index contributed by atoms with van der Waals surface area (Å²) in [6.45, 7) is 0. The van der Waals surface area contributed by atoms with Gasteiger partial charge in [0.15, 0.2) is 0 Å². The van der Waals surface area contributed by atoms with Crippen LogP contribution in [0, 0.1) is 0 Å². The molecule has 0 unspecified atom stereocenters. The lowest BCUT2D eigenvalue weighted by molar-refractivity contribution is 0.483. The summed E-state index contributed by atoms with van der Waals surface area (Å²) >= 11 is 0. The Hall–Kier alpha value is -1.56. The Morgan fingerprint density at radius 2 is 1.85 bits per heavy atom. The third-order valence-electron chi connectivity index (χ3n) is 1.29. The first-order valence-electron chi connectivity index (χ1n) is 3.17. The second-order valence-electron chi connectivity index (χ2n) is 2.16. The Bertz CT molecular complexity index is 445. The Labute approximate surface area is 74.2 Å². The molecule has 1 aromatic rings. The van der Waals surface area contributed by atoms with Gasteiger partial charge in [0.25, 0.3) is 10.1 Å². The summed E-state index contributed by atoms with van der Waals surface area (Å²) < 4.78 is 29.7. The van der Waals surface area contributed by atoms with Crippen molar-refractivity contribution in [3.63, 3.8) is 0 Å². The first kappa shape index (κ1) is 9.53. The molecule has 0 amide bonds. The van der Waals surface area contributed by atoms with Gasteiger partial charge in [0.05, 0.1) is 4.90 Å². The third-order valence-corrected chi connectivity index (χ3v) is 2.16. The largest absolute Gasteiger partial charge is 0.294 e. The van der Waals surface area contributed by atoms with Crippen LogP contribution >= 0.6 is 0 Å². The van der Waals surface area contributed by atoms with Gasteiger partial charge < -0.3 is 0 Å². The first-order valence-corrected chi connectivity index (χ1v) is 4.61. The average Bonchev–Trinajstić information content (AvgIpc) is 2.04. The van der Waals surface area contributed by atoms with E-state index in [1.54, 1.807) is 0 Å². The van der Waals surface area contributed by atoms with Gasteiger partial charge in [-0.2, -0.15) is 8.42 Å². The van der Waals surface area contributed by atoms with Crippen LogP contribution in [0.15, 0.2) is 34.3 Å². The molecule has 0 aliphatic heterocycles. The summed E-state index contributed by atoms with van der Waals surface area (Å²) in [6, 6.07) is 4.89. The van der Waals surface area contributed by atoms with Crippen LogP contribution in [0.5, 0.6) is 0 Å². The molecule has 7 heteroatoms. The lowest BCUT2D eigenvalue weighted by Crippen LogP contribution is -1.96. The second kappa shape index (κ2) is 3.44. The van der Waals surface area contributed by atoms with Crippen LogP contribution in [0.4, 0.5) is 5.69 Å². The van der Waals surface area contributed by atoms with Gasteiger partial charge in [-0.3, -0.25) is 4.55 Å². The van der Waals surface area contributed by atoms with E-state index in [4.69, 9.17) is 10.1 Å². The number of nitrogens with zero attached hydrogens (tertiary/aromatic N) is 3. The minimum absolute atomic E-state index is 0.232. The van der Waals surface area contributed by atoms with Gasteiger partial charge >= 0.3 is 0 Å². The molecule has 0 fully saturated rings. The molecule has 0 bridgehead atoms. The highest BCUT2D eigenvalue weighted by Gasteiger charge is 2.07. The van der Waals surface area contributed by atoms with Crippen LogP contribution in [0.2, 0.25) is 0 Å². The molecular formula is C6H5N3O3S. The van der Waals surface area contributed by atoms with Crippen molar-refractivity contribution in [1.82, 2.24) is 0 Å². The average molecular weight is 199 g/mol. The fourth-order valence-corrected chi connectivity index (χ4v) is 1.22. The Morgan fingerprint density at radius 1 is 1.31 bits per heavy atom. The van der Waals surface area contributed by atoms with Crippen molar-refractivity contribution in [1.29, 1.82) is 0 Å². The Morgan fingerprint density at radius 3 is 2.23 bits per heavy atom. The topological polar surface area (TPSA) is 103 Å². The van der Waals surface area contributed by atoms with Crippen molar-refractivity contribution in [2.45, 2.75) is 4.90 Å². The molecular weight excluding hydrogens is 194 g/mol. The molecule has 0 heterocycles. The SMILES string of the molecule is [N-]=[N+]=Nc1ccc(S(=O)(=O)O)cc1. The van der Waals surface area contributed by atoms with Gasteiger partial charge in [-0.25, -0.2) is 0 Å². The molecule has 0 radical (unpaired) electrons. The molecule has 0 aromatic heterocycles. The van der Waals surface area contributed by atoms with Crippen LogP contribution < -0.4 is 0 Å². The van der Waals surface area contributed by atoms with Gasteiger partial charge in [0.2, 0.25) is 0 Å². The Balaban J connectivity index is 3.15. The molecule has 1 aromatic carbocycles. The van der Waals surface area contributed by atoms with E-state index in [0.29, 0.717) is 0 Å². The van der Waals surface area contributed by atoms with Crippen LogP contribution in [-0.2, 0) is 10.1 Å². The summed E-state index contributed by atoms with van der Waals surface area (Å²) in [5.74, 6) is 0. The molecule has 68 valence electrons. The van der Waals surface area contributed by atoms with Crippen LogP contribution in [0.1, 0.15) is 0 Å². The van der Waals surface area contributed by atoms with Crippen LogP contribution in [0.3, 0.4) is 0 Å². The maximum Gasteiger partial charge on any atom is 0.294 e. The molecule has 13 heavy (non-hydrogen) atoms. The minimum atomic E-state index is -4.17. The lowest BCUT2D eigenvalue weighted by Gasteiger charge is -1.95. The van der Waals surface area contributed by atoms with E-state index >= 15 is 0 Å². The molecule has 0 aliphatic carbocycles. The minimum Gasteiger partial charge on any atom is -0.282 e. The van der Waals surface area contributed by atoms with Crippen molar-refractivity contribution in [3.8, 4) is 0 Å². The summed E-state index contributed by atoms with van der Waals surface area (Å²) in [7, 11) is -4.17. The highest BCUT2D eigenvalue weighted by Crippen LogP contribution is 2.15. The van der Waals surface area contributed by atoms with E-state index in [-0.39, 0.29) is 10.6 Å². The number of rotatable bonds is 2. The van der Waals surface area contributed by atoms with E-state index in [1.807, 2.05) is 0 Å². The van der Waals surface area contributed by atoms with E-state index in [0.717, 1.165) is 12.1 Å². The molecule has 0 atom stereocenters. The zero-order chi connectivity index (χ0) is 9.90. The van der Waals surface area contributed by atoms with Crippen LogP contribution in [0.25, 0.3) is 10.4 Å². The maximum atomic E-state index is 10.6. The molecule has 0 saturated heterocycles. The molecule has 6 nitrogen and oxygen atoms in total. The molecule has 0 aliphatic rings. The summed E-state index contributed by atoms with van der Waals surface area (Å²) in [4.78, 5) is 2.28. The van der Waals surface area contributed by atoms with Crippen molar-refractivity contribution in [2.24, 2.45) is 5.11 Å². The van der Waals surface area contributed by atoms with Crippen molar-refractivity contribution >= 4 is 15.8 Å². The molecule has 1 rings (SSSR count). The lowest BCUT2D eigenvalue weighted by atomic mass is 10.3. The molecule has 1 N–H and O–H groups in total. The third kappa shape index (κ3) is 2.45. The van der Waals surface area contributed by atoms with Crippen molar-refractivity contribution in [3.05, 3.63) is 34.7 Å². The predicted octanol–water partition coefficient (Wildman–Crippen LogP) is 1.88. The van der Waals surface area contributed by atoms with Crippen molar-refractivity contribution in [2.75, 3.05) is 0 Å². The zero-order valence-corrected chi connectivity index (χ0v) is 7.14. The van der Waals surface area contributed by atoms with E-state index in [9.17, 15) is 8.42 Å². The second-order valence-corrected chi connectivity index (χ2v) is 3.58. The van der Waals surface area contributed by atoms with Gasteiger partial charge in [-0.1, -0.05) is 17.2 Å². The smallest absolute Gasteiger partial charge is 0.282 e. The van der Waals surface area contributed by atoms with Gasteiger partial charge in [0.1, 0.15) is 0 Å². The molecule has 0 saturated carbocycles. The Kier molecular flexibility index (Phi) is 2.52. The van der Waals surface area contributed by atoms with Gasteiger partial charge in [-0.15, -0.1) is 0 Å². The summed E-state index contributed by atoms with van der Waals surface area (Å²) in [5, 5.41) is 3.23. The van der Waals surface area contributed by atoms with E-state index in [1.165, 1.54) is 12.1 Å².